The summed E-state index contributed by atoms with van der Waals surface area (Å²) in [5.41, 5.74) is 7.64. The van der Waals surface area contributed by atoms with Crippen molar-refractivity contribution in [2.24, 2.45) is 0 Å². The van der Waals surface area contributed by atoms with Gasteiger partial charge in [-0.2, -0.15) is 0 Å². The topological polar surface area (TPSA) is 85.8 Å². The minimum absolute atomic E-state index is 0.0760. The second kappa shape index (κ2) is 7.02. The number of nitrogens with two attached hydrogens (primary N) is 1. The third-order valence-corrected chi connectivity index (χ3v) is 4.08. The highest BCUT2D eigenvalue weighted by atomic mass is 79.9. The lowest BCUT2D eigenvalue weighted by molar-refractivity contribution is 0.102. The fourth-order valence-corrected chi connectivity index (χ4v) is 2.57. The molecular formula is C16H13BrClN5O. The SMILES string of the molecule is Nc1c(C(=O)Nc2cccc(Cl)c2)nnn1Cc1ccc(Br)cc1. The smallest absolute Gasteiger partial charge is 0.280 e. The Morgan fingerprint density at radius 2 is 2.00 bits per heavy atom. The van der Waals surface area contributed by atoms with E-state index in [1.165, 1.54) is 4.68 Å². The van der Waals surface area contributed by atoms with Crippen molar-refractivity contribution in [1.82, 2.24) is 15.0 Å². The van der Waals surface area contributed by atoms with Crippen LogP contribution in [0.1, 0.15) is 16.1 Å². The zero-order valence-corrected chi connectivity index (χ0v) is 14.8. The molecule has 0 saturated carbocycles. The van der Waals surface area contributed by atoms with Crippen LogP contribution in [0, 0.1) is 0 Å². The van der Waals surface area contributed by atoms with Gasteiger partial charge in [-0.05, 0) is 35.9 Å². The molecule has 3 aromatic rings. The van der Waals surface area contributed by atoms with Crippen LogP contribution in [-0.2, 0) is 6.54 Å². The number of nitrogen functional groups attached to an aromatic ring is 1. The van der Waals surface area contributed by atoms with Crippen molar-refractivity contribution in [3.63, 3.8) is 0 Å². The van der Waals surface area contributed by atoms with Crippen molar-refractivity contribution in [2.75, 3.05) is 11.1 Å². The van der Waals surface area contributed by atoms with E-state index in [9.17, 15) is 4.79 Å². The summed E-state index contributed by atoms with van der Waals surface area (Å²) in [6.45, 7) is 0.427. The van der Waals surface area contributed by atoms with Crippen molar-refractivity contribution < 1.29 is 4.79 Å². The van der Waals surface area contributed by atoms with E-state index in [4.69, 9.17) is 17.3 Å². The van der Waals surface area contributed by atoms with E-state index in [-0.39, 0.29) is 11.5 Å². The molecule has 24 heavy (non-hydrogen) atoms. The number of anilines is 2. The average Bonchev–Trinajstić information content (AvgIpc) is 2.91. The first-order valence-electron chi connectivity index (χ1n) is 7.03. The molecule has 0 saturated heterocycles. The molecule has 1 heterocycles. The third kappa shape index (κ3) is 3.74. The molecule has 8 heteroatoms. The molecule has 0 aliphatic heterocycles. The largest absolute Gasteiger partial charge is 0.382 e. The van der Waals surface area contributed by atoms with E-state index >= 15 is 0 Å². The van der Waals surface area contributed by atoms with E-state index in [2.05, 4.69) is 31.6 Å². The number of hydrogen-bond acceptors (Lipinski definition) is 4. The van der Waals surface area contributed by atoms with Gasteiger partial charge < -0.3 is 11.1 Å². The summed E-state index contributed by atoms with van der Waals surface area (Å²) in [6, 6.07) is 14.6. The lowest BCUT2D eigenvalue weighted by Gasteiger charge is -2.05. The first-order chi connectivity index (χ1) is 11.5. The fraction of sp³-hybridized carbons (Fsp3) is 0.0625. The number of hydrogen-bond donors (Lipinski definition) is 2. The predicted octanol–water partition coefficient (Wildman–Crippen LogP) is 3.58. The summed E-state index contributed by atoms with van der Waals surface area (Å²) in [5.74, 6) is -0.228. The van der Waals surface area contributed by atoms with Gasteiger partial charge in [-0.15, -0.1) is 5.10 Å². The van der Waals surface area contributed by atoms with E-state index in [0.717, 1.165) is 10.0 Å². The number of halogens is 2. The summed E-state index contributed by atoms with van der Waals surface area (Å²) >= 11 is 9.28. The van der Waals surface area contributed by atoms with Crippen LogP contribution < -0.4 is 11.1 Å². The zero-order valence-electron chi connectivity index (χ0n) is 12.4. The van der Waals surface area contributed by atoms with Crippen molar-refractivity contribution in [3.05, 3.63) is 69.3 Å². The summed E-state index contributed by atoms with van der Waals surface area (Å²) in [7, 11) is 0. The number of carbonyl (C=O) groups is 1. The van der Waals surface area contributed by atoms with Crippen molar-refractivity contribution in [2.45, 2.75) is 6.54 Å². The Morgan fingerprint density at radius 1 is 1.25 bits per heavy atom. The molecule has 122 valence electrons. The van der Waals surface area contributed by atoms with Gasteiger partial charge in [0.15, 0.2) is 11.5 Å². The summed E-state index contributed by atoms with van der Waals surface area (Å²) in [6.07, 6.45) is 0. The molecule has 3 rings (SSSR count). The first-order valence-corrected chi connectivity index (χ1v) is 8.20. The molecule has 0 atom stereocenters. The Kier molecular flexibility index (Phi) is 4.82. The average molecular weight is 407 g/mol. The summed E-state index contributed by atoms with van der Waals surface area (Å²) in [5, 5.41) is 11.1. The van der Waals surface area contributed by atoms with Crippen LogP contribution in [0.5, 0.6) is 0 Å². The lowest BCUT2D eigenvalue weighted by atomic mass is 10.2. The molecular weight excluding hydrogens is 394 g/mol. The predicted molar refractivity (Wildman–Crippen MR) is 97.1 cm³/mol. The van der Waals surface area contributed by atoms with Gasteiger partial charge in [-0.25, -0.2) is 4.68 Å². The van der Waals surface area contributed by atoms with E-state index < -0.39 is 5.91 Å². The maximum absolute atomic E-state index is 12.3. The van der Waals surface area contributed by atoms with Gasteiger partial charge in [-0.1, -0.05) is 50.9 Å². The Hall–Kier alpha value is -2.38. The first kappa shape index (κ1) is 16.5. The van der Waals surface area contributed by atoms with E-state index in [1.54, 1.807) is 24.3 Å². The minimum Gasteiger partial charge on any atom is -0.382 e. The molecule has 0 radical (unpaired) electrons. The van der Waals surface area contributed by atoms with Gasteiger partial charge in [0.2, 0.25) is 0 Å². The minimum atomic E-state index is -0.433. The monoisotopic (exact) mass is 405 g/mol. The van der Waals surface area contributed by atoms with Crippen LogP contribution in [-0.4, -0.2) is 20.9 Å². The Bertz CT molecular complexity index is 878. The highest BCUT2D eigenvalue weighted by Gasteiger charge is 2.17. The van der Waals surface area contributed by atoms with Crippen LogP contribution in [0.3, 0.4) is 0 Å². The molecule has 1 amide bonds. The van der Waals surface area contributed by atoms with Crippen molar-refractivity contribution in [1.29, 1.82) is 0 Å². The van der Waals surface area contributed by atoms with Gasteiger partial charge in [0.05, 0.1) is 6.54 Å². The molecule has 0 aliphatic rings. The molecule has 6 nitrogen and oxygen atoms in total. The molecule has 0 unspecified atom stereocenters. The van der Waals surface area contributed by atoms with E-state index in [0.29, 0.717) is 17.3 Å². The highest BCUT2D eigenvalue weighted by Crippen LogP contribution is 2.18. The van der Waals surface area contributed by atoms with Gasteiger partial charge in [-0.3, -0.25) is 4.79 Å². The normalized spacial score (nSPS) is 10.6. The van der Waals surface area contributed by atoms with Gasteiger partial charge >= 0.3 is 0 Å². The number of rotatable bonds is 4. The number of benzene rings is 2. The molecule has 0 bridgehead atoms. The molecule has 0 spiro atoms. The number of nitrogens with one attached hydrogen (secondary N) is 1. The van der Waals surface area contributed by atoms with Gasteiger partial charge in [0, 0.05) is 15.2 Å². The number of aromatic nitrogens is 3. The van der Waals surface area contributed by atoms with Crippen molar-refractivity contribution in [3.8, 4) is 0 Å². The highest BCUT2D eigenvalue weighted by molar-refractivity contribution is 9.10. The van der Waals surface area contributed by atoms with Gasteiger partial charge in [0.25, 0.3) is 5.91 Å². The number of amides is 1. The Balaban J connectivity index is 1.76. The summed E-state index contributed by atoms with van der Waals surface area (Å²) in [4.78, 5) is 12.3. The number of nitrogens with zero attached hydrogens (tertiary/aromatic N) is 3. The number of carbonyl (C=O) groups excluding carboxylic acids is 1. The standard InChI is InChI=1S/C16H13BrClN5O/c17-11-6-4-10(5-7-11)9-23-15(19)14(21-22-23)16(24)20-13-3-1-2-12(18)8-13/h1-8H,9,19H2,(H,20,24). The zero-order chi connectivity index (χ0) is 17.1. The summed E-state index contributed by atoms with van der Waals surface area (Å²) < 4.78 is 2.47. The fourth-order valence-electron chi connectivity index (χ4n) is 2.12. The second-order valence-electron chi connectivity index (χ2n) is 5.07. The van der Waals surface area contributed by atoms with Crippen LogP contribution in [0.25, 0.3) is 0 Å². The quantitative estimate of drug-likeness (QED) is 0.693. The second-order valence-corrected chi connectivity index (χ2v) is 6.42. The van der Waals surface area contributed by atoms with E-state index in [1.807, 2.05) is 24.3 Å². The molecule has 0 aliphatic carbocycles. The molecule has 2 aromatic carbocycles. The van der Waals surface area contributed by atoms with Crippen LogP contribution >= 0.6 is 27.5 Å². The maximum Gasteiger partial charge on any atom is 0.280 e. The van der Waals surface area contributed by atoms with Crippen LogP contribution in [0.4, 0.5) is 11.5 Å². The molecule has 1 aromatic heterocycles. The Labute approximate surface area is 151 Å². The third-order valence-electron chi connectivity index (χ3n) is 3.32. The van der Waals surface area contributed by atoms with Gasteiger partial charge in [0.1, 0.15) is 0 Å². The molecule has 0 fully saturated rings. The molecule has 3 N–H and O–H groups in total. The lowest BCUT2D eigenvalue weighted by Crippen LogP contribution is -2.15. The maximum atomic E-state index is 12.3. The van der Waals surface area contributed by atoms with Crippen molar-refractivity contribution >= 4 is 44.9 Å². The van der Waals surface area contributed by atoms with Crippen LogP contribution in [0.2, 0.25) is 5.02 Å². The van der Waals surface area contributed by atoms with Crippen LogP contribution in [0.15, 0.2) is 53.0 Å². The Morgan fingerprint density at radius 3 is 2.71 bits per heavy atom.